The molecule has 4 nitrogen and oxygen atoms in total. The number of rotatable bonds is 5. The van der Waals surface area contributed by atoms with Gasteiger partial charge in [-0.1, -0.05) is 6.07 Å². The van der Waals surface area contributed by atoms with E-state index in [0.717, 1.165) is 24.5 Å². The Labute approximate surface area is 131 Å². The van der Waals surface area contributed by atoms with Gasteiger partial charge in [0.2, 0.25) is 0 Å². The molecule has 1 aromatic carbocycles. The third kappa shape index (κ3) is 2.92. The van der Waals surface area contributed by atoms with Crippen molar-refractivity contribution >= 4 is 0 Å². The summed E-state index contributed by atoms with van der Waals surface area (Å²) in [6, 6.07) is 8.49. The van der Waals surface area contributed by atoms with Crippen LogP contribution in [0.3, 0.4) is 0 Å². The minimum atomic E-state index is 0.160. The summed E-state index contributed by atoms with van der Waals surface area (Å²) in [5, 5.41) is 3.58. The van der Waals surface area contributed by atoms with Gasteiger partial charge in [-0.3, -0.25) is 4.98 Å². The maximum atomic E-state index is 5.77. The summed E-state index contributed by atoms with van der Waals surface area (Å²) in [5.41, 5.74) is 3.75. The second-order valence-corrected chi connectivity index (χ2v) is 5.29. The maximum Gasteiger partial charge on any atom is 0.161 e. The van der Waals surface area contributed by atoms with Crippen molar-refractivity contribution in [2.24, 2.45) is 0 Å². The molecular weight excluding hydrogens is 276 g/mol. The molecule has 116 valence electrons. The van der Waals surface area contributed by atoms with Gasteiger partial charge in [-0.15, -0.1) is 0 Å². The zero-order chi connectivity index (χ0) is 15.4. The molecule has 1 aromatic heterocycles. The number of benzene rings is 1. The number of fused-ring (bicyclic) bond motifs is 1. The lowest BCUT2D eigenvalue weighted by Gasteiger charge is -2.28. The molecule has 4 heteroatoms. The van der Waals surface area contributed by atoms with Crippen LogP contribution in [0.1, 0.15) is 36.6 Å². The van der Waals surface area contributed by atoms with E-state index < -0.39 is 0 Å². The first-order chi connectivity index (χ1) is 10.8. The Morgan fingerprint density at radius 2 is 1.95 bits per heavy atom. The van der Waals surface area contributed by atoms with E-state index in [1.165, 1.54) is 16.7 Å². The Bertz CT molecular complexity index is 628. The molecule has 1 atom stereocenters. The average molecular weight is 298 g/mol. The normalized spacial score (nSPS) is 16.9. The van der Waals surface area contributed by atoms with Crippen LogP contribution >= 0.6 is 0 Å². The first kappa shape index (κ1) is 14.9. The molecule has 2 heterocycles. The van der Waals surface area contributed by atoms with Crippen molar-refractivity contribution in [1.82, 2.24) is 10.3 Å². The van der Waals surface area contributed by atoms with Crippen LogP contribution in [0.15, 0.2) is 36.7 Å². The molecule has 1 N–H and O–H groups in total. The number of ether oxygens (including phenoxy) is 2. The lowest BCUT2D eigenvalue weighted by Crippen LogP contribution is -2.30. The van der Waals surface area contributed by atoms with Gasteiger partial charge in [-0.2, -0.15) is 0 Å². The maximum absolute atomic E-state index is 5.77. The molecule has 0 fully saturated rings. The molecule has 1 unspecified atom stereocenters. The first-order valence-electron chi connectivity index (χ1n) is 7.89. The third-order valence-corrected chi connectivity index (χ3v) is 3.88. The summed E-state index contributed by atoms with van der Waals surface area (Å²) < 4.78 is 11.5. The van der Waals surface area contributed by atoms with Gasteiger partial charge in [-0.05, 0) is 55.2 Å². The third-order valence-electron chi connectivity index (χ3n) is 3.88. The topological polar surface area (TPSA) is 43.4 Å². The lowest BCUT2D eigenvalue weighted by atomic mass is 9.90. The summed E-state index contributed by atoms with van der Waals surface area (Å²) >= 11 is 0. The highest BCUT2D eigenvalue weighted by molar-refractivity contribution is 5.51. The van der Waals surface area contributed by atoms with Gasteiger partial charge in [0.05, 0.1) is 19.3 Å². The zero-order valence-corrected chi connectivity index (χ0v) is 13.1. The van der Waals surface area contributed by atoms with Crippen molar-refractivity contribution in [3.05, 3.63) is 53.3 Å². The van der Waals surface area contributed by atoms with E-state index in [0.29, 0.717) is 13.2 Å². The van der Waals surface area contributed by atoms with Gasteiger partial charge in [0.25, 0.3) is 0 Å². The van der Waals surface area contributed by atoms with E-state index in [4.69, 9.17) is 9.47 Å². The number of nitrogens with one attached hydrogen (secondary N) is 1. The predicted molar refractivity (Wildman–Crippen MR) is 86.6 cm³/mol. The summed E-state index contributed by atoms with van der Waals surface area (Å²) in [4.78, 5) is 4.24. The van der Waals surface area contributed by atoms with Crippen LogP contribution in [0, 0.1) is 0 Å². The molecule has 0 aliphatic carbocycles. The molecule has 2 aromatic rings. The minimum absolute atomic E-state index is 0.160. The monoisotopic (exact) mass is 298 g/mol. The summed E-state index contributed by atoms with van der Waals surface area (Å²) in [5.74, 6) is 1.66. The molecule has 0 spiro atoms. The molecular formula is C18H22N2O2. The number of nitrogens with zero attached hydrogens (tertiary/aromatic N) is 1. The fourth-order valence-corrected chi connectivity index (χ4v) is 2.94. The Kier molecular flexibility index (Phi) is 4.59. The fraction of sp³-hybridized carbons (Fsp3) is 0.389. The zero-order valence-electron chi connectivity index (χ0n) is 13.1. The van der Waals surface area contributed by atoms with Crippen LogP contribution in [0.25, 0.3) is 0 Å². The van der Waals surface area contributed by atoms with Crippen molar-refractivity contribution in [2.75, 3.05) is 19.8 Å². The molecule has 0 saturated carbocycles. The van der Waals surface area contributed by atoms with Crippen molar-refractivity contribution in [3.8, 4) is 11.5 Å². The van der Waals surface area contributed by atoms with E-state index in [-0.39, 0.29) is 6.04 Å². The van der Waals surface area contributed by atoms with Crippen molar-refractivity contribution in [3.63, 3.8) is 0 Å². The van der Waals surface area contributed by atoms with Gasteiger partial charge in [0.15, 0.2) is 11.5 Å². The number of pyridine rings is 1. The van der Waals surface area contributed by atoms with E-state index in [1.54, 1.807) is 6.20 Å². The standard InChI is InChI=1S/C18H22N2O2/c1-3-21-16-10-13-7-9-20-18(14-6-5-8-19-12-14)15(13)11-17(16)22-4-2/h5-6,8,10-12,18,20H,3-4,7,9H2,1-2H3. The van der Waals surface area contributed by atoms with Gasteiger partial charge in [0, 0.05) is 18.9 Å². The Hall–Kier alpha value is -2.07. The Morgan fingerprint density at radius 3 is 2.64 bits per heavy atom. The van der Waals surface area contributed by atoms with Gasteiger partial charge in [-0.25, -0.2) is 0 Å². The van der Waals surface area contributed by atoms with E-state index in [9.17, 15) is 0 Å². The Morgan fingerprint density at radius 1 is 1.18 bits per heavy atom. The van der Waals surface area contributed by atoms with Crippen molar-refractivity contribution < 1.29 is 9.47 Å². The molecule has 0 saturated heterocycles. The molecule has 0 bridgehead atoms. The lowest BCUT2D eigenvalue weighted by molar-refractivity contribution is 0.286. The minimum Gasteiger partial charge on any atom is -0.490 e. The van der Waals surface area contributed by atoms with Gasteiger partial charge in [0.1, 0.15) is 0 Å². The van der Waals surface area contributed by atoms with E-state index in [1.807, 2.05) is 26.1 Å². The highest BCUT2D eigenvalue weighted by Crippen LogP contribution is 2.37. The highest BCUT2D eigenvalue weighted by atomic mass is 16.5. The highest BCUT2D eigenvalue weighted by Gasteiger charge is 2.24. The summed E-state index contributed by atoms with van der Waals surface area (Å²) in [6.45, 7) is 6.21. The fourth-order valence-electron chi connectivity index (χ4n) is 2.94. The number of hydrogen-bond donors (Lipinski definition) is 1. The molecule has 1 aliphatic heterocycles. The van der Waals surface area contributed by atoms with Crippen LogP contribution in [-0.4, -0.2) is 24.7 Å². The number of aromatic nitrogens is 1. The average Bonchev–Trinajstić information content (AvgIpc) is 2.56. The smallest absolute Gasteiger partial charge is 0.161 e. The van der Waals surface area contributed by atoms with Crippen LogP contribution in [-0.2, 0) is 6.42 Å². The van der Waals surface area contributed by atoms with Crippen LogP contribution < -0.4 is 14.8 Å². The van der Waals surface area contributed by atoms with Gasteiger partial charge >= 0.3 is 0 Å². The quantitative estimate of drug-likeness (QED) is 0.921. The molecule has 22 heavy (non-hydrogen) atoms. The van der Waals surface area contributed by atoms with Crippen LogP contribution in [0.5, 0.6) is 11.5 Å². The molecule has 0 radical (unpaired) electrons. The van der Waals surface area contributed by atoms with Crippen LogP contribution in [0.4, 0.5) is 0 Å². The van der Waals surface area contributed by atoms with E-state index >= 15 is 0 Å². The molecule has 3 rings (SSSR count). The summed E-state index contributed by atoms with van der Waals surface area (Å²) in [7, 11) is 0. The predicted octanol–water partition coefficient (Wildman–Crippen LogP) is 3.11. The van der Waals surface area contributed by atoms with Gasteiger partial charge < -0.3 is 14.8 Å². The van der Waals surface area contributed by atoms with Crippen molar-refractivity contribution in [2.45, 2.75) is 26.3 Å². The SMILES string of the molecule is CCOc1cc2c(cc1OCC)C(c1cccnc1)NCC2. The van der Waals surface area contributed by atoms with E-state index in [2.05, 4.69) is 28.5 Å². The second-order valence-electron chi connectivity index (χ2n) is 5.29. The van der Waals surface area contributed by atoms with Crippen LogP contribution in [0.2, 0.25) is 0 Å². The second kappa shape index (κ2) is 6.79. The first-order valence-corrected chi connectivity index (χ1v) is 7.89. The molecule has 1 aliphatic rings. The molecule has 0 amide bonds. The Balaban J connectivity index is 2.03. The number of hydrogen-bond acceptors (Lipinski definition) is 4. The largest absolute Gasteiger partial charge is 0.490 e. The van der Waals surface area contributed by atoms with Crippen molar-refractivity contribution in [1.29, 1.82) is 0 Å². The summed E-state index contributed by atoms with van der Waals surface area (Å²) in [6.07, 6.45) is 4.72.